The molecule has 1 aliphatic rings. The summed E-state index contributed by atoms with van der Waals surface area (Å²) in [4.78, 5) is 35.2. The molecule has 2 aromatic rings. The van der Waals surface area contributed by atoms with Crippen molar-refractivity contribution in [1.29, 1.82) is 0 Å². The van der Waals surface area contributed by atoms with E-state index in [0.29, 0.717) is 18.6 Å². The van der Waals surface area contributed by atoms with E-state index in [1.165, 1.54) is 7.05 Å². The summed E-state index contributed by atoms with van der Waals surface area (Å²) in [5.41, 5.74) is 0. The van der Waals surface area contributed by atoms with Gasteiger partial charge in [0.1, 0.15) is 18.3 Å². The van der Waals surface area contributed by atoms with Crippen molar-refractivity contribution in [3.8, 4) is 5.75 Å². The first-order chi connectivity index (χ1) is 16.9. The lowest BCUT2D eigenvalue weighted by Gasteiger charge is -2.25. The molecule has 9 nitrogen and oxygen atoms in total. The minimum atomic E-state index is -1.71. The molecular weight excluding hydrogens is 476 g/mol. The van der Waals surface area contributed by atoms with Gasteiger partial charge in [-0.15, -0.1) is 0 Å². The van der Waals surface area contributed by atoms with E-state index in [9.17, 15) is 18.8 Å². The molecule has 4 unspecified atom stereocenters. The molecule has 3 rings (SSSR count). The van der Waals surface area contributed by atoms with Gasteiger partial charge < -0.3 is 23.9 Å². The molecule has 0 radical (unpaired) electrons. The van der Waals surface area contributed by atoms with E-state index in [4.69, 9.17) is 13.8 Å². The van der Waals surface area contributed by atoms with Crippen molar-refractivity contribution in [2.75, 3.05) is 13.7 Å². The van der Waals surface area contributed by atoms with Gasteiger partial charge in [-0.1, -0.05) is 43.3 Å². The van der Waals surface area contributed by atoms with Crippen LogP contribution < -0.4 is 14.9 Å². The number of nitrogens with zero attached hydrogens (tertiary/aromatic N) is 1. The Labute approximate surface area is 204 Å². The molecule has 2 N–H and O–H groups in total. The fourth-order valence-corrected chi connectivity index (χ4v) is 4.88. The maximum absolute atomic E-state index is 14.0. The summed E-state index contributed by atoms with van der Waals surface area (Å²) < 4.78 is 32.0. The van der Waals surface area contributed by atoms with Crippen LogP contribution in [0.5, 0.6) is 5.75 Å². The summed E-state index contributed by atoms with van der Waals surface area (Å²) >= 11 is 0. The van der Waals surface area contributed by atoms with Crippen molar-refractivity contribution in [2.45, 2.75) is 38.6 Å². The Hall–Kier alpha value is -2.91. The summed E-state index contributed by atoms with van der Waals surface area (Å²) in [6, 6.07) is 12.9. The second-order valence-corrected chi connectivity index (χ2v) is 9.36. The summed E-state index contributed by atoms with van der Waals surface area (Å²) in [5, 5.41) is 7.10. The van der Waals surface area contributed by atoms with Crippen molar-refractivity contribution in [1.82, 2.24) is 15.3 Å². The number of likely N-dealkylation sites (N-methyl/N-ethyl adjacent to an activating group) is 1. The smallest absolute Gasteiger partial charge is 0.318 e. The lowest BCUT2D eigenvalue weighted by atomic mass is 10.1. The lowest BCUT2D eigenvalue weighted by molar-refractivity contribution is -0.129. The first-order valence-corrected chi connectivity index (χ1v) is 12.3. The van der Waals surface area contributed by atoms with Crippen LogP contribution >= 0.6 is 8.53 Å². The van der Waals surface area contributed by atoms with E-state index in [1.54, 1.807) is 6.92 Å². The van der Waals surface area contributed by atoms with E-state index in [0.717, 1.165) is 28.2 Å². The number of hydrogen-bond acceptors (Lipinski definition) is 7. The number of benzene rings is 2. The zero-order chi connectivity index (χ0) is 25.4. The van der Waals surface area contributed by atoms with E-state index in [-0.39, 0.29) is 12.5 Å². The van der Waals surface area contributed by atoms with Crippen LogP contribution in [-0.2, 0) is 23.6 Å². The molecule has 0 saturated carbocycles. The number of fused-ring (bicyclic) bond motifs is 1. The normalized spacial score (nSPS) is 21.8. The molecule has 11 heteroatoms. The number of halogens is 1. The number of hydrogen-bond donors (Lipinski definition) is 2. The SMILES string of the molecule is CNC(=O)/C(F)=C\N(C=O)C1OC(CO[P@@](NC(C)C=O)Oc2cccc3ccccc23)CC1C. The number of rotatable bonds is 12. The maximum Gasteiger partial charge on any atom is 0.318 e. The summed E-state index contributed by atoms with van der Waals surface area (Å²) in [5.74, 6) is -1.57. The standard InChI is InChI=1S/C24H29FN3O6P/c1-16-11-19(33-24(16)28(15-30)12-21(25)23(31)26-3)14-32-35(27-17(2)13-29)34-22-10-6-8-18-7-4-5-9-20(18)22/h4-10,12-13,15-17,19,24,27H,11,14H2,1-3H3,(H,26,31)/b21-12+/t16?,17?,19?,24?,35-/m1/s1. The van der Waals surface area contributed by atoms with Gasteiger partial charge in [0.25, 0.3) is 5.91 Å². The third-order valence-electron chi connectivity index (χ3n) is 5.40. The van der Waals surface area contributed by atoms with Crippen molar-refractivity contribution >= 4 is 37.9 Å². The second-order valence-electron chi connectivity index (χ2n) is 8.15. The molecule has 0 aromatic heterocycles. The highest BCUT2D eigenvalue weighted by molar-refractivity contribution is 7.45. The van der Waals surface area contributed by atoms with Crippen LogP contribution in [0.25, 0.3) is 10.8 Å². The summed E-state index contributed by atoms with van der Waals surface area (Å²) in [6.07, 6.45) is 1.35. The third-order valence-corrected chi connectivity index (χ3v) is 6.76. The van der Waals surface area contributed by atoms with Crippen LogP contribution in [0.1, 0.15) is 20.3 Å². The van der Waals surface area contributed by atoms with Gasteiger partial charge in [-0.3, -0.25) is 14.5 Å². The van der Waals surface area contributed by atoms with Crippen LogP contribution in [0.15, 0.2) is 54.5 Å². The minimum Gasteiger partial charge on any atom is -0.435 e. The molecule has 0 bridgehead atoms. The minimum absolute atomic E-state index is 0.115. The van der Waals surface area contributed by atoms with Gasteiger partial charge in [0.15, 0.2) is 0 Å². The molecule has 1 saturated heterocycles. The molecule has 1 heterocycles. The zero-order valence-electron chi connectivity index (χ0n) is 19.7. The van der Waals surface area contributed by atoms with Gasteiger partial charge in [0.05, 0.1) is 25.0 Å². The predicted octanol–water partition coefficient (Wildman–Crippen LogP) is 3.41. The number of ether oxygens (including phenoxy) is 1. The van der Waals surface area contributed by atoms with E-state index in [2.05, 4.69) is 10.4 Å². The first-order valence-electron chi connectivity index (χ1n) is 11.1. The second kappa shape index (κ2) is 12.7. The number of carbonyl (C=O) groups excluding carboxylic acids is 3. The van der Waals surface area contributed by atoms with Gasteiger partial charge in [-0.25, -0.2) is 5.09 Å². The number of amides is 2. The van der Waals surface area contributed by atoms with E-state index >= 15 is 0 Å². The van der Waals surface area contributed by atoms with E-state index < -0.39 is 38.6 Å². The van der Waals surface area contributed by atoms with Crippen LogP contribution in [0.3, 0.4) is 0 Å². The largest absolute Gasteiger partial charge is 0.435 e. The molecule has 0 aliphatic carbocycles. The summed E-state index contributed by atoms with van der Waals surface area (Å²) in [7, 11) is -0.420. The average molecular weight is 505 g/mol. The molecule has 5 atom stereocenters. The quantitative estimate of drug-likeness (QED) is 0.259. The Morgan fingerprint density at radius 2 is 2.03 bits per heavy atom. The highest BCUT2D eigenvalue weighted by atomic mass is 31.2. The number of aldehydes is 1. The highest BCUT2D eigenvalue weighted by Gasteiger charge is 2.36. The average Bonchev–Trinajstić information content (AvgIpc) is 3.25. The van der Waals surface area contributed by atoms with Crippen molar-refractivity contribution in [3.05, 3.63) is 54.5 Å². The zero-order valence-corrected chi connectivity index (χ0v) is 20.6. The molecule has 35 heavy (non-hydrogen) atoms. The van der Waals surface area contributed by atoms with Gasteiger partial charge in [0, 0.05) is 18.4 Å². The van der Waals surface area contributed by atoms with Gasteiger partial charge in [-0.2, -0.15) is 4.39 Å². The van der Waals surface area contributed by atoms with Crippen molar-refractivity contribution < 1.29 is 32.6 Å². The molecule has 188 valence electrons. The number of nitrogens with one attached hydrogen (secondary N) is 2. The van der Waals surface area contributed by atoms with Crippen molar-refractivity contribution in [2.24, 2.45) is 5.92 Å². The third kappa shape index (κ3) is 7.05. The van der Waals surface area contributed by atoms with Gasteiger partial charge >= 0.3 is 8.53 Å². The Morgan fingerprint density at radius 1 is 1.29 bits per heavy atom. The lowest BCUT2D eigenvalue weighted by Crippen LogP contribution is -2.35. The molecule has 2 amide bonds. The topological polar surface area (TPSA) is 106 Å². The molecular formula is C24H29FN3O6P. The van der Waals surface area contributed by atoms with Gasteiger partial charge in [-0.05, 0) is 24.8 Å². The monoisotopic (exact) mass is 505 g/mol. The van der Waals surface area contributed by atoms with Crippen LogP contribution in [0.4, 0.5) is 4.39 Å². The first kappa shape index (κ1) is 26.7. The fraction of sp³-hybridized carbons (Fsp3) is 0.375. The molecule has 2 aromatic carbocycles. The Balaban J connectivity index is 1.68. The van der Waals surface area contributed by atoms with Gasteiger partial charge in [0.2, 0.25) is 12.2 Å². The highest BCUT2D eigenvalue weighted by Crippen LogP contribution is 2.40. The van der Waals surface area contributed by atoms with Crippen LogP contribution in [0, 0.1) is 5.92 Å². The predicted molar refractivity (Wildman–Crippen MR) is 130 cm³/mol. The fourth-order valence-electron chi connectivity index (χ4n) is 3.66. The van der Waals surface area contributed by atoms with Crippen LogP contribution in [-0.4, -0.2) is 55.5 Å². The Morgan fingerprint density at radius 3 is 2.74 bits per heavy atom. The van der Waals surface area contributed by atoms with Crippen LogP contribution in [0.2, 0.25) is 0 Å². The molecule has 1 fully saturated rings. The number of carbonyl (C=O) groups is 3. The summed E-state index contributed by atoms with van der Waals surface area (Å²) in [6.45, 7) is 3.66. The Kier molecular flexibility index (Phi) is 9.68. The molecule has 1 aliphatic heterocycles. The molecule has 0 spiro atoms. The maximum atomic E-state index is 14.0. The van der Waals surface area contributed by atoms with E-state index in [1.807, 2.05) is 49.4 Å². The Bertz CT molecular complexity index is 1070. The van der Waals surface area contributed by atoms with Crippen molar-refractivity contribution in [3.63, 3.8) is 0 Å².